The Labute approximate surface area is 211 Å². The number of esters is 1. The number of aromatic nitrogens is 1. The molecule has 0 aliphatic carbocycles. The highest BCUT2D eigenvalue weighted by Gasteiger charge is 2.54. The van der Waals surface area contributed by atoms with Gasteiger partial charge in [0.25, 0.3) is 0 Å². The van der Waals surface area contributed by atoms with E-state index in [1.807, 2.05) is 27.7 Å². The molecule has 1 aliphatic heterocycles. The molecule has 35 heavy (non-hydrogen) atoms. The van der Waals surface area contributed by atoms with Crippen LogP contribution in [0.25, 0.3) is 0 Å². The Morgan fingerprint density at radius 1 is 1.11 bits per heavy atom. The Morgan fingerprint density at radius 3 is 2.17 bits per heavy atom. The molecule has 1 saturated heterocycles. The van der Waals surface area contributed by atoms with Gasteiger partial charge in [0.15, 0.2) is 0 Å². The van der Waals surface area contributed by atoms with Gasteiger partial charge >= 0.3 is 19.2 Å². The molecule has 2 rings (SSSR count). The van der Waals surface area contributed by atoms with Gasteiger partial charge in [-0.2, -0.15) is 0 Å². The van der Waals surface area contributed by atoms with E-state index in [-0.39, 0.29) is 19.0 Å². The molecule has 0 bridgehead atoms. The molecule has 0 spiro atoms. The number of amides is 1. The highest BCUT2D eigenvalue weighted by atomic mass is 28.3. The predicted octanol–water partition coefficient (Wildman–Crippen LogP) is 4.62. The first-order valence-corrected chi connectivity index (χ1v) is 15.9. The minimum Gasteiger partial charge on any atom is -0.461 e. The summed E-state index contributed by atoms with van der Waals surface area (Å²) >= 11 is 0. The smallest absolute Gasteiger partial charge is 0.461 e. The summed E-state index contributed by atoms with van der Waals surface area (Å²) in [7, 11) is -2.16. The summed E-state index contributed by atoms with van der Waals surface area (Å²) in [5.41, 5.74) is -0.908. The number of hydrogen-bond acceptors (Lipinski definition) is 7. The molecule has 11 heteroatoms. The molecule has 1 N–H and O–H groups in total. The van der Waals surface area contributed by atoms with Crippen molar-refractivity contribution < 1.29 is 33.1 Å². The van der Waals surface area contributed by atoms with Crippen LogP contribution in [0.1, 0.15) is 65.9 Å². The van der Waals surface area contributed by atoms with Crippen LogP contribution in [0.4, 0.5) is 10.5 Å². The van der Waals surface area contributed by atoms with E-state index in [0.717, 1.165) is 6.04 Å². The number of nitrogens with zero attached hydrogens (tertiary/aromatic N) is 1. The molecule has 0 atom stereocenters. The summed E-state index contributed by atoms with van der Waals surface area (Å²) in [4.78, 5) is 25.6. The topological polar surface area (TPSA) is 97.3 Å². The second-order valence-electron chi connectivity index (χ2n) is 12.0. The molecule has 198 valence electrons. The van der Waals surface area contributed by atoms with Crippen LogP contribution in [0.2, 0.25) is 25.7 Å². The van der Waals surface area contributed by atoms with Crippen molar-refractivity contribution in [3.05, 3.63) is 11.8 Å². The van der Waals surface area contributed by atoms with Crippen LogP contribution in [0.3, 0.4) is 0 Å². The van der Waals surface area contributed by atoms with Crippen molar-refractivity contribution in [3.8, 4) is 0 Å². The summed E-state index contributed by atoms with van der Waals surface area (Å²) < 4.78 is 31.0. The molecule has 0 saturated carbocycles. The molecule has 1 aromatic rings. The Kier molecular flexibility index (Phi) is 8.96. The first kappa shape index (κ1) is 29.4. The molecule has 0 unspecified atom stereocenters. The van der Waals surface area contributed by atoms with E-state index in [1.165, 1.54) is 0 Å². The fourth-order valence-electron chi connectivity index (χ4n) is 3.33. The van der Waals surface area contributed by atoms with Crippen LogP contribution < -0.4 is 10.9 Å². The predicted molar refractivity (Wildman–Crippen MR) is 140 cm³/mol. The van der Waals surface area contributed by atoms with Crippen molar-refractivity contribution in [3.63, 3.8) is 0 Å². The molecular formula is C24H43BN2O7Si. The highest BCUT2D eigenvalue weighted by molar-refractivity contribution is 6.76. The summed E-state index contributed by atoms with van der Waals surface area (Å²) in [6.45, 7) is 22.5. The highest BCUT2D eigenvalue weighted by Crippen LogP contribution is 2.37. The van der Waals surface area contributed by atoms with E-state index in [1.54, 1.807) is 38.3 Å². The molecule has 1 aliphatic rings. The van der Waals surface area contributed by atoms with E-state index in [9.17, 15) is 9.59 Å². The zero-order chi connectivity index (χ0) is 26.8. The zero-order valence-corrected chi connectivity index (χ0v) is 24.3. The first-order chi connectivity index (χ1) is 15.9. The van der Waals surface area contributed by atoms with Crippen LogP contribution in [0, 0.1) is 0 Å². The monoisotopic (exact) mass is 510 g/mol. The number of anilines is 1. The fourth-order valence-corrected chi connectivity index (χ4v) is 4.09. The molecular weight excluding hydrogens is 467 g/mol. The van der Waals surface area contributed by atoms with Crippen LogP contribution in [-0.2, 0) is 30.3 Å². The molecule has 1 amide bonds. The first-order valence-electron chi connectivity index (χ1n) is 12.2. The van der Waals surface area contributed by atoms with Gasteiger partial charge in [0.2, 0.25) is 0 Å². The van der Waals surface area contributed by atoms with Crippen molar-refractivity contribution in [1.82, 2.24) is 4.57 Å². The van der Waals surface area contributed by atoms with E-state index in [2.05, 4.69) is 25.0 Å². The maximum atomic E-state index is 12.9. The van der Waals surface area contributed by atoms with E-state index >= 15 is 0 Å². The van der Waals surface area contributed by atoms with Gasteiger partial charge in [0.1, 0.15) is 18.0 Å². The lowest BCUT2D eigenvalue weighted by Gasteiger charge is -2.32. The zero-order valence-electron chi connectivity index (χ0n) is 23.3. The van der Waals surface area contributed by atoms with Crippen molar-refractivity contribution >= 4 is 38.5 Å². The SMILES string of the molecule is CCOC(=O)c1cc(NC(=O)OC(C)(C)C)c(B2OC(C)(C)C(C)(C)O2)n1COCC[Si](C)(C)C. The molecule has 0 aromatic carbocycles. The lowest BCUT2D eigenvalue weighted by atomic mass is 9.83. The standard InChI is InChI=1S/C24H43BN2O7Si/c1-12-31-20(28)18-15-17(26-21(29)32-22(2,3)4)19(25-33-23(5,6)24(7,8)34-25)27(18)16-30-13-14-35(9,10)11/h15H,12-14,16H2,1-11H3,(H,26,29). The number of hydrogen-bond donors (Lipinski definition) is 1. The average molecular weight is 511 g/mol. The fraction of sp³-hybridized carbons (Fsp3) is 0.750. The van der Waals surface area contributed by atoms with Gasteiger partial charge in [-0.25, -0.2) is 9.59 Å². The summed E-state index contributed by atoms with van der Waals surface area (Å²) in [6, 6.07) is 2.53. The summed E-state index contributed by atoms with van der Waals surface area (Å²) in [6.07, 6.45) is -0.650. The van der Waals surface area contributed by atoms with Gasteiger partial charge in [-0.05, 0) is 67.5 Å². The summed E-state index contributed by atoms with van der Waals surface area (Å²) in [5, 5.41) is 2.77. The number of ether oxygens (including phenoxy) is 3. The molecule has 0 radical (unpaired) electrons. The van der Waals surface area contributed by atoms with E-state index < -0.39 is 44.1 Å². The third kappa shape index (κ3) is 7.83. The van der Waals surface area contributed by atoms with Crippen molar-refractivity contribution in [2.24, 2.45) is 0 Å². The van der Waals surface area contributed by atoms with Gasteiger partial charge in [-0.1, -0.05) is 19.6 Å². The second kappa shape index (κ2) is 10.7. The quantitative estimate of drug-likeness (QED) is 0.294. The maximum absolute atomic E-state index is 12.9. The largest absolute Gasteiger partial charge is 0.514 e. The van der Waals surface area contributed by atoms with Crippen LogP contribution in [-0.4, -0.2) is 61.8 Å². The summed E-state index contributed by atoms with van der Waals surface area (Å²) in [5.74, 6) is -0.531. The Balaban J connectivity index is 2.52. The lowest BCUT2D eigenvalue weighted by molar-refractivity contribution is 0.00578. The van der Waals surface area contributed by atoms with Crippen LogP contribution >= 0.6 is 0 Å². The Hall–Kier alpha value is -1.82. The Bertz CT molecular complexity index is 900. The number of carbonyl (C=O) groups is 2. The van der Waals surface area contributed by atoms with Gasteiger partial charge < -0.3 is 28.1 Å². The van der Waals surface area contributed by atoms with Crippen molar-refractivity contribution in [1.29, 1.82) is 0 Å². The Morgan fingerprint density at radius 2 is 1.69 bits per heavy atom. The minimum absolute atomic E-state index is 0.0774. The maximum Gasteiger partial charge on any atom is 0.514 e. The van der Waals surface area contributed by atoms with E-state index in [4.69, 9.17) is 23.5 Å². The third-order valence-electron chi connectivity index (χ3n) is 5.95. The number of nitrogens with one attached hydrogen (secondary N) is 1. The van der Waals surface area contributed by atoms with Gasteiger partial charge in [-0.15, -0.1) is 0 Å². The molecule has 1 aromatic heterocycles. The lowest BCUT2D eigenvalue weighted by Crippen LogP contribution is -2.43. The van der Waals surface area contributed by atoms with Gasteiger partial charge in [-0.3, -0.25) is 5.32 Å². The van der Waals surface area contributed by atoms with Crippen molar-refractivity contribution in [2.75, 3.05) is 18.5 Å². The second-order valence-corrected chi connectivity index (χ2v) is 17.7. The third-order valence-corrected chi connectivity index (χ3v) is 7.66. The normalized spacial score (nSPS) is 17.4. The van der Waals surface area contributed by atoms with Crippen LogP contribution in [0.5, 0.6) is 0 Å². The van der Waals surface area contributed by atoms with Gasteiger partial charge in [0, 0.05) is 14.7 Å². The minimum atomic E-state index is -1.31. The number of rotatable bonds is 9. The van der Waals surface area contributed by atoms with Gasteiger partial charge in [0.05, 0.1) is 29.1 Å². The average Bonchev–Trinajstić information content (AvgIpc) is 3.09. The van der Waals surface area contributed by atoms with Crippen LogP contribution in [0.15, 0.2) is 6.07 Å². The van der Waals surface area contributed by atoms with Crippen molar-refractivity contribution in [2.45, 2.75) is 105 Å². The van der Waals surface area contributed by atoms with E-state index in [0.29, 0.717) is 17.9 Å². The number of carbonyl (C=O) groups excluding carboxylic acids is 2. The molecule has 1 fully saturated rings. The molecule has 2 heterocycles. The molecule has 9 nitrogen and oxygen atoms in total.